The van der Waals surface area contributed by atoms with E-state index in [-0.39, 0.29) is 6.42 Å². The van der Waals surface area contributed by atoms with Gasteiger partial charge in [0.15, 0.2) is 0 Å². The molecule has 8 nitrogen and oxygen atoms in total. The van der Waals surface area contributed by atoms with Gasteiger partial charge in [-0.1, -0.05) is 48.5 Å². The van der Waals surface area contributed by atoms with Crippen LogP contribution in [0.1, 0.15) is 22.7 Å². The van der Waals surface area contributed by atoms with Crippen LogP contribution in [0.2, 0.25) is 0 Å². The minimum Gasteiger partial charge on any atom is -0.497 e. The SMILES string of the molecule is COc1ccc(CC(=O)ON(C(=O)NN(C)C)C2c3ccccc3Oc3ccccc32)cc1. The molecule has 0 bridgehead atoms. The number of hydroxylamine groups is 2. The van der Waals surface area contributed by atoms with Crippen LogP contribution in [0, 0.1) is 0 Å². The molecule has 0 radical (unpaired) electrons. The van der Waals surface area contributed by atoms with E-state index in [1.807, 2.05) is 48.5 Å². The Morgan fingerprint density at radius 3 is 2.03 bits per heavy atom. The second kappa shape index (κ2) is 9.62. The molecule has 0 unspecified atom stereocenters. The Morgan fingerprint density at radius 2 is 1.48 bits per heavy atom. The summed E-state index contributed by atoms with van der Waals surface area (Å²) in [4.78, 5) is 31.8. The highest BCUT2D eigenvalue weighted by Gasteiger charge is 2.37. The predicted molar refractivity (Wildman–Crippen MR) is 122 cm³/mol. The molecule has 1 N–H and O–H groups in total. The van der Waals surface area contributed by atoms with Gasteiger partial charge in [0.2, 0.25) is 0 Å². The van der Waals surface area contributed by atoms with Gasteiger partial charge >= 0.3 is 12.0 Å². The minimum absolute atomic E-state index is 0.0117. The highest BCUT2D eigenvalue weighted by atomic mass is 16.7. The number of carbonyl (C=O) groups excluding carboxylic acids is 2. The minimum atomic E-state index is -0.689. The van der Waals surface area contributed by atoms with Crippen LogP contribution in [0.4, 0.5) is 4.79 Å². The fraction of sp³-hybridized carbons (Fsp3) is 0.200. The molecule has 0 aliphatic carbocycles. The molecule has 0 aromatic heterocycles. The maximum Gasteiger partial charge on any atom is 0.366 e. The highest BCUT2D eigenvalue weighted by molar-refractivity contribution is 5.79. The Bertz CT molecular complexity index is 1100. The van der Waals surface area contributed by atoms with Crippen LogP contribution in [0.15, 0.2) is 72.8 Å². The van der Waals surface area contributed by atoms with Crippen molar-refractivity contribution in [3.8, 4) is 17.2 Å². The zero-order chi connectivity index (χ0) is 23.4. The van der Waals surface area contributed by atoms with Crippen LogP contribution in [0.3, 0.4) is 0 Å². The third-order valence-electron chi connectivity index (χ3n) is 5.11. The van der Waals surface area contributed by atoms with Crippen LogP contribution in [0.5, 0.6) is 17.2 Å². The number of para-hydroxylation sites is 2. The Balaban J connectivity index is 1.67. The summed E-state index contributed by atoms with van der Waals surface area (Å²) in [5.74, 6) is 1.30. The van der Waals surface area contributed by atoms with Crippen molar-refractivity contribution < 1.29 is 23.9 Å². The molecule has 0 fully saturated rings. The molecule has 8 heteroatoms. The number of carbonyl (C=O) groups is 2. The lowest BCUT2D eigenvalue weighted by Gasteiger charge is -2.35. The van der Waals surface area contributed by atoms with E-state index in [4.69, 9.17) is 14.3 Å². The van der Waals surface area contributed by atoms with E-state index in [1.54, 1.807) is 45.5 Å². The number of fused-ring (bicyclic) bond motifs is 2. The summed E-state index contributed by atoms with van der Waals surface area (Å²) < 4.78 is 11.2. The first-order valence-electron chi connectivity index (χ1n) is 10.4. The van der Waals surface area contributed by atoms with Gasteiger partial charge in [0.05, 0.1) is 13.5 Å². The van der Waals surface area contributed by atoms with Crippen molar-refractivity contribution in [3.63, 3.8) is 0 Å². The third kappa shape index (κ3) is 4.91. The zero-order valence-electron chi connectivity index (χ0n) is 18.6. The van der Waals surface area contributed by atoms with Crippen molar-refractivity contribution >= 4 is 12.0 Å². The first-order valence-corrected chi connectivity index (χ1v) is 10.4. The molecule has 0 saturated carbocycles. The summed E-state index contributed by atoms with van der Waals surface area (Å²) in [6, 6.07) is 20.6. The van der Waals surface area contributed by atoms with Gasteiger partial charge in [-0.15, -0.1) is 5.06 Å². The molecule has 1 aliphatic rings. The van der Waals surface area contributed by atoms with Crippen LogP contribution in [0.25, 0.3) is 0 Å². The van der Waals surface area contributed by atoms with Crippen LogP contribution < -0.4 is 14.9 Å². The van der Waals surface area contributed by atoms with Crippen LogP contribution in [-0.2, 0) is 16.1 Å². The number of nitrogens with zero attached hydrogens (tertiary/aromatic N) is 2. The summed E-state index contributed by atoms with van der Waals surface area (Å²) in [6.07, 6.45) is -0.0117. The lowest BCUT2D eigenvalue weighted by atomic mass is 9.94. The van der Waals surface area contributed by atoms with Crippen molar-refractivity contribution in [3.05, 3.63) is 89.5 Å². The van der Waals surface area contributed by atoms with Crippen LogP contribution >= 0.6 is 0 Å². The summed E-state index contributed by atoms with van der Waals surface area (Å²) in [7, 11) is 4.94. The van der Waals surface area contributed by atoms with Gasteiger partial charge in [0.25, 0.3) is 0 Å². The van der Waals surface area contributed by atoms with Crippen molar-refractivity contribution in [2.45, 2.75) is 12.5 Å². The summed E-state index contributed by atoms with van der Waals surface area (Å²) in [5, 5.41) is 2.57. The average molecular weight is 447 g/mol. The number of hydrogen-bond acceptors (Lipinski definition) is 6. The Morgan fingerprint density at radius 1 is 0.909 bits per heavy atom. The summed E-state index contributed by atoms with van der Waals surface area (Å²) >= 11 is 0. The Kier molecular flexibility index (Phi) is 6.46. The van der Waals surface area contributed by atoms with Gasteiger partial charge in [-0.05, 0) is 29.8 Å². The molecule has 0 saturated heterocycles. The Hall–Kier alpha value is -4.04. The predicted octanol–water partition coefficient (Wildman–Crippen LogP) is 4.08. The maximum absolute atomic E-state index is 13.2. The lowest BCUT2D eigenvalue weighted by molar-refractivity contribution is -0.183. The highest BCUT2D eigenvalue weighted by Crippen LogP contribution is 2.45. The first-order chi connectivity index (χ1) is 16.0. The molecule has 2 amide bonds. The number of rotatable bonds is 5. The number of methoxy groups -OCH3 is 1. The van der Waals surface area contributed by atoms with Gasteiger partial charge in [0, 0.05) is 25.2 Å². The number of urea groups is 1. The molecule has 33 heavy (non-hydrogen) atoms. The van der Waals surface area contributed by atoms with Gasteiger partial charge < -0.3 is 14.3 Å². The summed E-state index contributed by atoms with van der Waals surface area (Å²) in [6.45, 7) is 0. The van der Waals surface area contributed by atoms with Gasteiger partial charge in [-0.25, -0.2) is 14.6 Å². The van der Waals surface area contributed by atoms with E-state index in [0.29, 0.717) is 28.4 Å². The van der Waals surface area contributed by atoms with E-state index in [1.165, 1.54) is 5.01 Å². The normalized spacial score (nSPS) is 12.2. The zero-order valence-corrected chi connectivity index (χ0v) is 18.6. The van der Waals surface area contributed by atoms with Gasteiger partial charge in [0.1, 0.15) is 23.3 Å². The van der Waals surface area contributed by atoms with E-state index in [9.17, 15) is 9.59 Å². The van der Waals surface area contributed by atoms with Crippen molar-refractivity contribution in [1.29, 1.82) is 0 Å². The van der Waals surface area contributed by atoms with E-state index >= 15 is 0 Å². The van der Waals surface area contributed by atoms with E-state index in [2.05, 4.69) is 5.43 Å². The van der Waals surface area contributed by atoms with Gasteiger partial charge in [-0.3, -0.25) is 5.43 Å². The van der Waals surface area contributed by atoms with Crippen LogP contribution in [-0.4, -0.2) is 43.3 Å². The second-order valence-corrected chi connectivity index (χ2v) is 7.71. The smallest absolute Gasteiger partial charge is 0.366 e. The number of amides is 2. The first kappa shape index (κ1) is 22.2. The monoisotopic (exact) mass is 447 g/mol. The fourth-order valence-corrected chi connectivity index (χ4v) is 3.64. The molecule has 170 valence electrons. The number of benzene rings is 3. The average Bonchev–Trinajstić information content (AvgIpc) is 2.81. The van der Waals surface area contributed by atoms with Crippen molar-refractivity contribution in [2.24, 2.45) is 0 Å². The molecule has 0 spiro atoms. The largest absolute Gasteiger partial charge is 0.497 e. The maximum atomic E-state index is 13.2. The summed E-state index contributed by atoms with van der Waals surface area (Å²) in [5.41, 5.74) is 4.83. The molecular formula is C25H25N3O5. The molecular weight excluding hydrogens is 422 g/mol. The topological polar surface area (TPSA) is 80.3 Å². The third-order valence-corrected chi connectivity index (χ3v) is 5.11. The second-order valence-electron chi connectivity index (χ2n) is 7.71. The van der Waals surface area contributed by atoms with E-state index < -0.39 is 18.0 Å². The molecule has 1 heterocycles. The lowest BCUT2D eigenvalue weighted by Crippen LogP contribution is -2.48. The fourth-order valence-electron chi connectivity index (χ4n) is 3.64. The van der Waals surface area contributed by atoms with Crippen molar-refractivity contribution in [1.82, 2.24) is 15.5 Å². The molecule has 3 aromatic rings. The quantitative estimate of drug-likeness (QED) is 0.594. The van der Waals surface area contributed by atoms with Crippen molar-refractivity contribution in [2.75, 3.05) is 21.2 Å². The van der Waals surface area contributed by atoms with Gasteiger partial charge in [-0.2, -0.15) is 0 Å². The molecule has 0 atom stereocenters. The van der Waals surface area contributed by atoms with E-state index in [0.717, 1.165) is 10.6 Å². The number of ether oxygens (including phenoxy) is 2. The number of hydrazine groups is 1. The number of nitrogens with one attached hydrogen (secondary N) is 1. The standard InChI is InChI=1S/C25H25N3O5/c1-27(2)26-25(30)28(33-23(29)16-17-12-14-18(31-3)15-13-17)24-19-8-4-6-10-21(19)32-22-11-7-5-9-20(22)24/h4-15,24H,16H2,1-3H3,(H,26,30). The Labute approximate surface area is 192 Å². The molecule has 1 aliphatic heterocycles. The number of hydrogen-bond donors (Lipinski definition) is 1. The molecule has 4 rings (SSSR count). The molecule has 3 aromatic carbocycles.